The molecular formula is C8H11BN2. The summed E-state index contributed by atoms with van der Waals surface area (Å²) in [6.07, 6.45) is 5.70. The highest BCUT2D eigenvalue weighted by molar-refractivity contribution is 6.30. The lowest BCUT2D eigenvalue weighted by Gasteiger charge is -1.76. The molecule has 2 nitrogen and oxygen atoms in total. The molecule has 1 heterocycles. The van der Waals surface area contributed by atoms with Crippen LogP contribution in [0.1, 0.15) is 6.92 Å². The molecule has 0 atom stereocenters. The first kappa shape index (κ1) is 7.86. The molecule has 0 fully saturated rings. The number of aromatic amines is 1. The Labute approximate surface area is 66.7 Å². The zero-order chi connectivity index (χ0) is 8.27. The number of hydrogen-bond acceptors (Lipinski definition) is 1. The summed E-state index contributed by atoms with van der Waals surface area (Å²) in [5, 5.41) is 9.17. The Morgan fingerprint density at radius 2 is 2.36 bits per heavy atom. The molecule has 0 unspecified atom stereocenters. The van der Waals surface area contributed by atoms with Crippen molar-refractivity contribution in [3.8, 4) is 0 Å². The van der Waals surface area contributed by atoms with E-state index >= 15 is 0 Å². The van der Waals surface area contributed by atoms with Crippen LogP contribution in [0.25, 0.3) is 12.2 Å². The molecule has 0 spiro atoms. The summed E-state index contributed by atoms with van der Waals surface area (Å²) in [6, 6.07) is 0. The topological polar surface area (TPSA) is 28.7 Å². The maximum Gasteiger partial charge on any atom is 0.167 e. The zero-order valence-corrected chi connectivity index (χ0v) is 6.89. The third kappa shape index (κ3) is 1.42. The maximum absolute atomic E-state index is 4.07. The summed E-state index contributed by atoms with van der Waals surface area (Å²) in [4.78, 5) is 0. The van der Waals surface area contributed by atoms with Gasteiger partial charge in [0.05, 0.1) is 5.35 Å². The van der Waals surface area contributed by atoms with Crippen LogP contribution in [0, 0.1) is 0 Å². The molecule has 1 aromatic heterocycles. The summed E-state index contributed by atoms with van der Waals surface area (Å²) in [7, 11) is 1.98. The van der Waals surface area contributed by atoms with Crippen molar-refractivity contribution in [2.45, 2.75) is 6.92 Å². The molecule has 0 aliphatic rings. The largest absolute Gasteiger partial charge is 0.278 e. The standard InChI is InChI=1S/C8H11BN2/c1-3-5-7-6(4-2)8(9)11-10-7/h3-5,10H,1,9H2,2H3/b6-4+,7-5+. The molecule has 1 N–H and O–H groups in total. The van der Waals surface area contributed by atoms with Gasteiger partial charge < -0.3 is 0 Å². The van der Waals surface area contributed by atoms with Gasteiger partial charge in [0.15, 0.2) is 7.85 Å². The molecule has 1 rings (SSSR count). The number of hydrogen-bond donors (Lipinski definition) is 1. The van der Waals surface area contributed by atoms with Gasteiger partial charge in [-0.15, -0.1) is 0 Å². The van der Waals surface area contributed by atoms with Crippen LogP contribution in [0.5, 0.6) is 0 Å². The lowest BCUT2D eigenvalue weighted by Crippen LogP contribution is -2.33. The molecule has 3 heteroatoms. The van der Waals surface area contributed by atoms with E-state index in [9.17, 15) is 0 Å². The van der Waals surface area contributed by atoms with Crippen molar-refractivity contribution >= 4 is 25.6 Å². The summed E-state index contributed by atoms with van der Waals surface area (Å²) >= 11 is 0. The number of rotatable bonds is 1. The third-order valence-corrected chi connectivity index (χ3v) is 1.60. The molecule has 11 heavy (non-hydrogen) atoms. The first-order valence-corrected chi connectivity index (χ1v) is 3.59. The molecular weight excluding hydrogens is 135 g/mol. The highest BCUT2D eigenvalue weighted by Crippen LogP contribution is 1.61. The quantitative estimate of drug-likeness (QED) is 0.476. The van der Waals surface area contributed by atoms with Crippen LogP contribution in [0.15, 0.2) is 12.7 Å². The summed E-state index contributed by atoms with van der Waals surface area (Å²) < 4.78 is 0. The fourth-order valence-corrected chi connectivity index (χ4v) is 1.07. The summed E-state index contributed by atoms with van der Waals surface area (Å²) in [5.41, 5.74) is 1.03. The fourth-order valence-electron chi connectivity index (χ4n) is 1.07. The molecule has 0 radical (unpaired) electrons. The van der Waals surface area contributed by atoms with E-state index in [1.54, 1.807) is 6.08 Å². The van der Waals surface area contributed by atoms with Gasteiger partial charge in [0, 0.05) is 10.8 Å². The van der Waals surface area contributed by atoms with Crippen molar-refractivity contribution in [1.82, 2.24) is 10.2 Å². The van der Waals surface area contributed by atoms with Crippen LogP contribution in [0.3, 0.4) is 0 Å². The first-order chi connectivity index (χ1) is 5.29. The molecule has 0 bridgehead atoms. The molecule has 0 aliphatic heterocycles. The van der Waals surface area contributed by atoms with Crippen LogP contribution >= 0.6 is 0 Å². The van der Waals surface area contributed by atoms with Gasteiger partial charge in [0.1, 0.15) is 0 Å². The second-order valence-corrected chi connectivity index (χ2v) is 2.33. The van der Waals surface area contributed by atoms with Gasteiger partial charge >= 0.3 is 0 Å². The van der Waals surface area contributed by atoms with Crippen molar-refractivity contribution in [2.75, 3.05) is 0 Å². The fraction of sp³-hybridized carbons (Fsp3) is 0.125. The van der Waals surface area contributed by atoms with Gasteiger partial charge in [0.2, 0.25) is 0 Å². The highest BCUT2D eigenvalue weighted by Gasteiger charge is 1.90. The van der Waals surface area contributed by atoms with E-state index in [2.05, 4.69) is 16.8 Å². The minimum Gasteiger partial charge on any atom is -0.278 e. The molecule has 0 saturated heterocycles. The van der Waals surface area contributed by atoms with E-state index in [0.29, 0.717) is 0 Å². The number of allylic oxidation sites excluding steroid dienone is 1. The van der Waals surface area contributed by atoms with Gasteiger partial charge in [-0.1, -0.05) is 18.7 Å². The molecule has 1 aromatic rings. The van der Waals surface area contributed by atoms with Crippen molar-refractivity contribution in [1.29, 1.82) is 0 Å². The second kappa shape index (κ2) is 3.24. The molecule has 0 aliphatic carbocycles. The summed E-state index contributed by atoms with van der Waals surface area (Å²) in [6.45, 7) is 5.62. The van der Waals surface area contributed by atoms with Crippen molar-refractivity contribution in [2.24, 2.45) is 0 Å². The van der Waals surface area contributed by atoms with Crippen molar-refractivity contribution < 1.29 is 0 Å². The minimum atomic E-state index is 1.03. The van der Waals surface area contributed by atoms with E-state index in [0.717, 1.165) is 16.2 Å². The van der Waals surface area contributed by atoms with Gasteiger partial charge in [0.25, 0.3) is 0 Å². The van der Waals surface area contributed by atoms with E-state index in [1.165, 1.54) is 0 Å². The van der Waals surface area contributed by atoms with Crippen LogP contribution < -0.4 is 16.2 Å². The van der Waals surface area contributed by atoms with Crippen LogP contribution in [-0.4, -0.2) is 18.0 Å². The number of nitrogens with zero attached hydrogens (tertiary/aromatic N) is 1. The van der Waals surface area contributed by atoms with Crippen molar-refractivity contribution in [3.05, 3.63) is 23.2 Å². The number of H-pyrrole nitrogens is 1. The average molecular weight is 146 g/mol. The van der Waals surface area contributed by atoms with Gasteiger partial charge in [-0.3, -0.25) is 5.10 Å². The Bertz CT molecular complexity index is 362. The first-order valence-electron chi connectivity index (χ1n) is 3.59. The van der Waals surface area contributed by atoms with Crippen LogP contribution in [0.4, 0.5) is 0 Å². The second-order valence-electron chi connectivity index (χ2n) is 2.33. The van der Waals surface area contributed by atoms with Crippen LogP contribution in [0.2, 0.25) is 0 Å². The Kier molecular flexibility index (Phi) is 2.31. The Hall–Kier alpha value is -1.25. The highest BCUT2D eigenvalue weighted by atomic mass is 15.1. The molecule has 56 valence electrons. The van der Waals surface area contributed by atoms with E-state index in [4.69, 9.17) is 0 Å². The zero-order valence-electron chi connectivity index (χ0n) is 6.89. The van der Waals surface area contributed by atoms with E-state index in [-0.39, 0.29) is 0 Å². The lowest BCUT2D eigenvalue weighted by atomic mass is 10.0. The Balaban J connectivity index is 3.52. The van der Waals surface area contributed by atoms with Crippen molar-refractivity contribution in [3.63, 3.8) is 0 Å². The number of nitrogens with one attached hydrogen (secondary N) is 1. The minimum absolute atomic E-state index is 1.03. The third-order valence-electron chi connectivity index (χ3n) is 1.60. The smallest absolute Gasteiger partial charge is 0.167 e. The molecule has 0 aromatic carbocycles. The van der Waals surface area contributed by atoms with Gasteiger partial charge in [-0.25, -0.2) is 0 Å². The van der Waals surface area contributed by atoms with Gasteiger partial charge in [-0.2, -0.15) is 5.10 Å². The molecule has 0 saturated carbocycles. The van der Waals surface area contributed by atoms with E-state index < -0.39 is 0 Å². The normalized spacial score (nSPS) is 13.9. The molecule has 0 amide bonds. The predicted molar refractivity (Wildman–Crippen MR) is 50.8 cm³/mol. The SMILES string of the molecule is Bc1n[nH]c(=C/C=C)/c1=C\C. The Morgan fingerprint density at radius 1 is 1.64 bits per heavy atom. The van der Waals surface area contributed by atoms with Crippen LogP contribution in [-0.2, 0) is 0 Å². The lowest BCUT2D eigenvalue weighted by molar-refractivity contribution is 1.08. The average Bonchev–Trinajstić information content (AvgIpc) is 2.33. The maximum atomic E-state index is 4.07. The summed E-state index contributed by atoms with van der Waals surface area (Å²) in [5.74, 6) is 0. The van der Waals surface area contributed by atoms with E-state index in [1.807, 2.05) is 26.9 Å². The predicted octanol–water partition coefficient (Wildman–Crippen LogP) is -1.56. The number of aromatic nitrogens is 2. The Morgan fingerprint density at radius 3 is 2.91 bits per heavy atom. The monoisotopic (exact) mass is 146 g/mol. The van der Waals surface area contributed by atoms with Gasteiger partial charge in [-0.05, 0) is 13.0 Å².